The number of hydrogen-bond acceptors (Lipinski definition) is 2. The lowest BCUT2D eigenvalue weighted by Gasteiger charge is -2.21. The van der Waals surface area contributed by atoms with Crippen LogP contribution in [-0.4, -0.2) is 14.4 Å². The summed E-state index contributed by atoms with van der Waals surface area (Å²) in [5, 5.41) is 0. The highest BCUT2D eigenvalue weighted by Crippen LogP contribution is 2.33. The van der Waals surface area contributed by atoms with Crippen LogP contribution in [0, 0.1) is 0 Å². The van der Waals surface area contributed by atoms with Gasteiger partial charge in [0, 0.05) is 10.4 Å². The molecule has 0 atom stereocenters. The van der Waals surface area contributed by atoms with Crippen molar-refractivity contribution in [1.29, 1.82) is 0 Å². The molecule has 2 aromatic heterocycles. The number of halogens is 1. The number of H-pyrrole nitrogens is 1. The first-order valence-corrected chi connectivity index (χ1v) is 8.22. The number of nitrogens with zero attached hydrogens (tertiary/aromatic N) is 2. The van der Waals surface area contributed by atoms with E-state index < -0.39 is 0 Å². The van der Waals surface area contributed by atoms with E-state index in [1.807, 2.05) is 18.2 Å². The van der Waals surface area contributed by atoms with Gasteiger partial charge in [0.05, 0.1) is 17.2 Å². The Morgan fingerprint density at radius 3 is 2.81 bits per heavy atom. The summed E-state index contributed by atoms with van der Waals surface area (Å²) in [5.41, 5.74) is 2.43. The van der Waals surface area contributed by atoms with Crippen molar-refractivity contribution in [3.05, 3.63) is 45.0 Å². The maximum atomic E-state index is 12.3. The van der Waals surface area contributed by atoms with Gasteiger partial charge in [-0.25, -0.2) is 4.98 Å². The molecule has 4 nitrogen and oxygen atoms in total. The van der Waals surface area contributed by atoms with Crippen molar-refractivity contribution in [1.82, 2.24) is 14.4 Å². The Bertz CT molecular complexity index is 874. The number of fused-ring (bicyclic) bond motifs is 3. The quantitative estimate of drug-likeness (QED) is 0.724. The van der Waals surface area contributed by atoms with Gasteiger partial charge in [0.2, 0.25) is 0 Å². The van der Waals surface area contributed by atoms with Crippen LogP contribution >= 0.6 is 15.9 Å². The van der Waals surface area contributed by atoms with E-state index in [4.69, 9.17) is 0 Å². The minimum absolute atomic E-state index is 0.0739. The number of hydrogen-bond donors (Lipinski definition) is 1. The summed E-state index contributed by atoms with van der Waals surface area (Å²) < 4.78 is 3.01. The Kier molecular flexibility index (Phi) is 3.10. The maximum Gasteiger partial charge on any atom is 0.274 e. The van der Waals surface area contributed by atoms with Crippen LogP contribution in [0.1, 0.15) is 43.8 Å². The standard InChI is InChI=1S/C16H16BrN3O/c17-11-6-7-13-12(8-11)19-16(21)14-9-18-15(20(13)14)10-4-2-1-3-5-10/h6-10H,1-5H2,(H,19,21). The summed E-state index contributed by atoms with van der Waals surface area (Å²) in [4.78, 5) is 19.8. The first-order valence-electron chi connectivity index (χ1n) is 7.43. The molecule has 1 aromatic carbocycles. The van der Waals surface area contributed by atoms with Crippen molar-refractivity contribution in [3.63, 3.8) is 0 Å². The van der Waals surface area contributed by atoms with Gasteiger partial charge in [-0.2, -0.15) is 0 Å². The average Bonchev–Trinajstić information content (AvgIpc) is 2.93. The first-order chi connectivity index (χ1) is 10.2. The van der Waals surface area contributed by atoms with Crippen LogP contribution in [0.15, 0.2) is 33.7 Å². The summed E-state index contributed by atoms with van der Waals surface area (Å²) in [7, 11) is 0. The normalized spacial score (nSPS) is 16.8. The fourth-order valence-electron chi connectivity index (χ4n) is 3.42. The van der Waals surface area contributed by atoms with E-state index in [-0.39, 0.29) is 5.56 Å². The van der Waals surface area contributed by atoms with E-state index >= 15 is 0 Å². The van der Waals surface area contributed by atoms with Crippen LogP contribution in [0.3, 0.4) is 0 Å². The molecule has 0 aliphatic heterocycles. The lowest BCUT2D eigenvalue weighted by molar-refractivity contribution is 0.428. The second-order valence-corrected chi connectivity index (χ2v) is 6.70. The molecule has 0 radical (unpaired) electrons. The van der Waals surface area contributed by atoms with E-state index in [0.717, 1.165) is 21.3 Å². The zero-order valence-electron chi connectivity index (χ0n) is 11.6. The highest BCUT2D eigenvalue weighted by Gasteiger charge is 2.21. The molecule has 0 saturated heterocycles. The molecule has 1 saturated carbocycles. The third kappa shape index (κ3) is 2.11. The molecule has 108 valence electrons. The van der Waals surface area contributed by atoms with E-state index in [1.165, 1.54) is 32.1 Å². The zero-order valence-corrected chi connectivity index (χ0v) is 13.2. The van der Waals surface area contributed by atoms with Crippen LogP contribution in [0.25, 0.3) is 16.6 Å². The van der Waals surface area contributed by atoms with Gasteiger partial charge in [-0.05, 0) is 31.0 Å². The SMILES string of the molecule is O=c1[nH]c2cc(Br)ccc2n2c(C3CCCCC3)ncc12. The summed E-state index contributed by atoms with van der Waals surface area (Å²) in [5.74, 6) is 1.51. The van der Waals surface area contributed by atoms with Crippen molar-refractivity contribution < 1.29 is 0 Å². The van der Waals surface area contributed by atoms with Crippen molar-refractivity contribution in [3.8, 4) is 0 Å². The van der Waals surface area contributed by atoms with Gasteiger partial charge < -0.3 is 4.98 Å². The molecule has 0 spiro atoms. The van der Waals surface area contributed by atoms with E-state index in [9.17, 15) is 4.79 Å². The predicted molar refractivity (Wildman–Crippen MR) is 86.8 cm³/mol. The van der Waals surface area contributed by atoms with Crippen LogP contribution in [0.4, 0.5) is 0 Å². The second kappa shape index (κ2) is 4.98. The fraction of sp³-hybridized carbons (Fsp3) is 0.375. The molecule has 1 aliphatic rings. The highest BCUT2D eigenvalue weighted by molar-refractivity contribution is 9.10. The Morgan fingerprint density at radius 1 is 1.19 bits per heavy atom. The molecule has 1 aliphatic carbocycles. The number of nitrogens with one attached hydrogen (secondary N) is 1. The first kappa shape index (κ1) is 13.1. The summed E-state index contributed by atoms with van der Waals surface area (Å²) in [6.45, 7) is 0. The van der Waals surface area contributed by atoms with Crippen molar-refractivity contribution in [2.24, 2.45) is 0 Å². The van der Waals surface area contributed by atoms with E-state index in [1.54, 1.807) is 6.20 Å². The molecule has 21 heavy (non-hydrogen) atoms. The van der Waals surface area contributed by atoms with Crippen LogP contribution in [-0.2, 0) is 0 Å². The number of imidazole rings is 1. The molecule has 4 rings (SSSR count). The number of rotatable bonds is 1. The predicted octanol–water partition coefficient (Wildman–Crippen LogP) is 3.99. The summed E-state index contributed by atoms with van der Waals surface area (Å²) in [6, 6.07) is 5.99. The number of aromatic amines is 1. The topological polar surface area (TPSA) is 50.2 Å². The monoisotopic (exact) mass is 345 g/mol. The second-order valence-electron chi connectivity index (χ2n) is 5.79. The molecule has 5 heteroatoms. The van der Waals surface area contributed by atoms with Gasteiger partial charge in [0.1, 0.15) is 11.3 Å². The van der Waals surface area contributed by atoms with Crippen LogP contribution in [0.5, 0.6) is 0 Å². The lowest BCUT2D eigenvalue weighted by atomic mass is 9.89. The maximum absolute atomic E-state index is 12.3. The van der Waals surface area contributed by atoms with Crippen molar-refractivity contribution in [2.45, 2.75) is 38.0 Å². The largest absolute Gasteiger partial charge is 0.319 e. The van der Waals surface area contributed by atoms with Gasteiger partial charge in [-0.3, -0.25) is 9.20 Å². The fourth-order valence-corrected chi connectivity index (χ4v) is 3.78. The summed E-state index contributed by atoms with van der Waals surface area (Å²) >= 11 is 3.46. The molecule has 1 fully saturated rings. The van der Waals surface area contributed by atoms with E-state index in [2.05, 4.69) is 30.3 Å². The van der Waals surface area contributed by atoms with Crippen LogP contribution < -0.4 is 5.56 Å². The third-order valence-electron chi connectivity index (χ3n) is 4.44. The zero-order chi connectivity index (χ0) is 14.4. The Morgan fingerprint density at radius 2 is 2.00 bits per heavy atom. The molecule has 2 heterocycles. The minimum atomic E-state index is -0.0739. The van der Waals surface area contributed by atoms with Crippen molar-refractivity contribution in [2.75, 3.05) is 0 Å². The van der Waals surface area contributed by atoms with Gasteiger partial charge in [0.25, 0.3) is 5.56 Å². The molecule has 3 aromatic rings. The molecule has 0 bridgehead atoms. The number of benzene rings is 1. The highest BCUT2D eigenvalue weighted by atomic mass is 79.9. The molecular formula is C16H16BrN3O. The Hall–Kier alpha value is -1.62. The van der Waals surface area contributed by atoms with Gasteiger partial charge in [-0.15, -0.1) is 0 Å². The van der Waals surface area contributed by atoms with Gasteiger partial charge in [-0.1, -0.05) is 35.2 Å². The molecular weight excluding hydrogens is 330 g/mol. The lowest BCUT2D eigenvalue weighted by Crippen LogP contribution is -2.14. The van der Waals surface area contributed by atoms with Gasteiger partial charge in [0.15, 0.2) is 0 Å². The third-order valence-corrected chi connectivity index (χ3v) is 4.93. The Balaban J connectivity index is 2.04. The average molecular weight is 346 g/mol. The smallest absolute Gasteiger partial charge is 0.274 e. The van der Waals surface area contributed by atoms with Gasteiger partial charge >= 0.3 is 0 Å². The molecule has 0 unspecified atom stereocenters. The Labute approximate surface area is 130 Å². The molecule has 0 amide bonds. The van der Waals surface area contributed by atoms with Crippen molar-refractivity contribution >= 4 is 32.5 Å². The minimum Gasteiger partial charge on any atom is -0.319 e. The summed E-state index contributed by atoms with van der Waals surface area (Å²) in [6.07, 6.45) is 7.88. The molecule has 1 N–H and O–H groups in total. The number of aromatic nitrogens is 3. The van der Waals surface area contributed by atoms with Crippen LogP contribution in [0.2, 0.25) is 0 Å². The van der Waals surface area contributed by atoms with E-state index in [0.29, 0.717) is 11.4 Å².